The van der Waals surface area contributed by atoms with Crippen LogP contribution in [-0.2, 0) is 10.3 Å². The topological polar surface area (TPSA) is 32.3 Å². The minimum Gasteiger partial charge on any atom is -0.347 e. The van der Waals surface area contributed by atoms with E-state index in [9.17, 15) is 4.79 Å². The Hall–Kier alpha value is -1.06. The molecular formula is C16H23ClN2O. The van der Waals surface area contributed by atoms with Crippen LogP contribution in [0.5, 0.6) is 0 Å². The molecule has 3 nitrogen and oxygen atoms in total. The molecule has 1 aromatic rings. The monoisotopic (exact) mass is 294 g/mol. The summed E-state index contributed by atoms with van der Waals surface area (Å²) < 4.78 is 0. The van der Waals surface area contributed by atoms with Crippen LogP contribution in [0.4, 0.5) is 0 Å². The van der Waals surface area contributed by atoms with Gasteiger partial charge in [0.05, 0.1) is 5.54 Å². The van der Waals surface area contributed by atoms with Crippen LogP contribution in [0.25, 0.3) is 0 Å². The van der Waals surface area contributed by atoms with Crippen LogP contribution >= 0.6 is 11.6 Å². The molecule has 1 fully saturated rings. The number of carbonyl (C=O) groups excluding carboxylic acids is 1. The van der Waals surface area contributed by atoms with Gasteiger partial charge in [0.1, 0.15) is 0 Å². The lowest BCUT2D eigenvalue weighted by atomic mass is 9.88. The molecular weight excluding hydrogens is 272 g/mol. The van der Waals surface area contributed by atoms with Gasteiger partial charge in [-0.2, -0.15) is 0 Å². The largest absolute Gasteiger partial charge is 0.347 e. The molecule has 0 aliphatic heterocycles. The quantitative estimate of drug-likeness (QED) is 0.904. The highest BCUT2D eigenvalue weighted by Gasteiger charge is 2.36. The average molecular weight is 295 g/mol. The molecule has 2 rings (SSSR count). The molecule has 0 saturated heterocycles. The van der Waals surface area contributed by atoms with Crippen molar-refractivity contribution >= 4 is 17.5 Å². The third-order valence-corrected chi connectivity index (χ3v) is 4.23. The number of nitrogens with zero attached hydrogens (tertiary/aromatic N) is 1. The van der Waals surface area contributed by atoms with Gasteiger partial charge in [-0.1, -0.05) is 36.6 Å². The number of amides is 1. The van der Waals surface area contributed by atoms with Gasteiger partial charge in [-0.3, -0.25) is 4.79 Å². The van der Waals surface area contributed by atoms with Gasteiger partial charge >= 0.3 is 0 Å². The van der Waals surface area contributed by atoms with Gasteiger partial charge in [0.15, 0.2) is 0 Å². The Kier molecular flexibility index (Phi) is 5.06. The first-order chi connectivity index (χ1) is 9.52. The zero-order chi connectivity index (χ0) is 14.6. The molecule has 1 aromatic carbocycles. The molecule has 0 radical (unpaired) electrons. The molecule has 0 heterocycles. The van der Waals surface area contributed by atoms with Crippen molar-refractivity contribution in [3.8, 4) is 0 Å². The lowest BCUT2D eigenvalue weighted by Gasteiger charge is -2.31. The Morgan fingerprint density at radius 1 is 1.35 bits per heavy atom. The average Bonchev–Trinajstić information content (AvgIpc) is 2.86. The molecule has 1 aliphatic rings. The van der Waals surface area contributed by atoms with Gasteiger partial charge in [-0.05, 0) is 44.6 Å². The summed E-state index contributed by atoms with van der Waals surface area (Å²) in [5, 5.41) is 4.00. The van der Waals surface area contributed by atoms with Gasteiger partial charge in [0, 0.05) is 18.0 Å². The third kappa shape index (κ3) is 3.74. The molecule has 1 saturated carbocycles. The second kappa shape index (κ2) is 6.59. The summed E-state index contributed by atoms with van der Waals surface area (Å²) in [5.74, 6) is 0.126. The van der Waals surface area contributed by atoms with Crippen LogP contribution in [0, 0.1) is 0 Å². The minimum atomic E-state index is -0.214. The summed E-state index contributed by atoms with van der Waals surface area (Å²) in [5.41, 5.74) is 0.926. The molecule has 4 heteroatoms. The fourth-order valence-corrected chi connectivity index (χ4v) is 3.10. The number of benzene rings is 1. The predicted octanol–water partition coefficient (Wildman–Crippen LogP) is 3.18. The molecule has 0 unspecified atom stereocenters. The van der Waals surface area contributed by atoms with Crippen molar-refractivity contribution < 1.29 is 4.79 Å². The van der Waals surface area contributed by atoms with Crippen LogP contribution < -0.4 is 5.32 Å². The highest BCUT2D eigenvalue weighted by Crippen LogP contribution is 2.39. The Labute approximate surface area is 126 Å². The summed E-state index contributed by atoms with van der Waals surface area (Å²) in [6, 6.07) is 7.90. The maximum atomic E-state index is 12.2. The van der Waals surface area contributed by atoms with Crippen LogP contribution in [-0.4, -0.2) is 31.4 Å². The summed E-state index contributed by atoms with van der Waals surface area (Å²) in [6.45, 7) is 0.775. The molecule has 1 amide bonds. The first kappa shape index (κ1) is 15.3. The Morgan fingerprint density at radius 3 is 2.65 bits per heavy atom. The number of carbonyl (C=O) groups is 1. The van der Waals surface area contributed by atoms with E-state index in [0.29, 0.717) is 6.42 Å². The highest BCUT2D eigenvalue weighted by atomic mass is 35.5. The van der Waals surface area contributed by atoms with Crippen LogP contribution in [0.15, 0.2) is 24.3 Å². The third-order valence-electron chi connectivity index (χ3n) is 4.00. The summed E-state index contributed by atoms with van der Waals surface area (Å²) in [6.07, 6.45) is 4.85. The van der Waals surface area contributed by atoms with Gasteiger partial charge < -0.3 is 10.2 Å². The first-order valence-electron chi connectivity index (χ1n) is 7.24. The molecule has 0 spiro atoms. The Morgan fingerprint density at radius 2 is 2.05 bits per heavy atom. The zero-order valence-corrected chi connectivity index (χ0v) is 13.0. The first-order valence-corrected chi connectivity index (χ1v) is 7.61. The number of hydrogen-bond donors (Lipinski definition) is 1. The van der Waals surface area contributed by atoms with Crippen molar-refractivity contribution in [2.75, 3.05) is 20.6 Å². The van der Waals surface area contributed by atoms with Crippen LogP contribution in [0.1, 0.15) is 37.7 Å². The van der Waals surface area contributed by atoms with Crippen molar-refractivity contribution in [2.24, 2.45) is 0 Å². The van der Waals surface area contributed by atoms with E-state index in [0.717, 1.165) is 42.8 Å². The van der Waals surface area contributed by atoms with Crippen LogP contribution in [0.2, 0.25) is 5.02 Å². The van der Waals surface area contributed by atoms with E-state index in [1.54, 1.807) is 0 Å². The zero-order valence-electron chi connectivity index (χ0n) is 12.3. The van der Waals surface area contributed by atoms with E-state index in [-0.39, 0.29) is 11.4 Å². The van der Waals surface area contributed by atoms with Crippen molar-refractivity contribution in [3.05, 3.63) is 34.9 Å². The summed E-state index contributed by atoms with van der Waals surface area (Å²) in [7, 11) is 3.96. The van der Waals surface area contributed by atoms with Gasteiger partial charge in [0.25, 0.3) is 0 Å². The normalized spacial score (nSPS) is 17.4. The predicted molar refractivity (Wildman–Crippen MR) is 82.9 cm³/mol. The van der Waals surface area contributed by atoms with Crippen molar-refractivity contribution in [3.63, 3.8) is 0 Å². The molecule has 110 valence electrons. The van der Waals surface area contributed by atoms with E-state index in [1.807, 2.05) is 37.2 Å². The molecule has 0 aromatic heterocycles. The van der Waals surface area contributed by atoms with E-state index >= 15 is 0 Å². The highest BCUT2D eigenvalue weighted by molar-refractivity contribution is 6.30. The Bertz CT molecular complexity index is 467. The standard InChI is InChI=1S/C16H23ClN2O/c1-19(2)11-8-15(20)18-16(9-3-4-10-16)13-6-5-7-14(17)12-13/h5-7,12H,3-4,8-11H2,1-2H3,(H,18,20). The van der Waals surface area contributed by atoms with E-state index in [1.165, 1.54) is 0 Å². The molecule has 1 N–H and O–H groups in total. The fourth-order valence-electron chi connectivity index (χ4n) is 2.91. The lowest BCUT2D eigenvalue weighted by Crippen LogP contribution is -2.44. The fraction of sp³-hybridized carbons (Fsp3) is 0.562. The van der Waals surface area contributed by atoms with Crippen molar-refractivity contribution in [1.82, 2.24) is 10.2 Å². The second-order valence-corrected chi connectivity index (χ2v) is 6.34. The smallest absolute Gasteiger partial charge is 0.221 e. The van der Waals surface area contributed by atoms with Crippen molar-refractivity contribution in [1.29, 1.82) is 0 Å². The molecule has 0 bridgehead atoms. The van der Waals surface area contributed by atoms with Crippen molar-refractivity contribution in [2.45, 2.75) is 37.6 Å². The van der Waals surface area contributed by atoms with E-state index in [2.05, 4.69) is 11.4 Å². The second-order valence-electron chi connectivity index (χ2n) is 5.90. The van der Waals surface area contributed by atoms with Gasteiger partial charge in [-0.25, -0.2) is 0 Å². The maximum Gasteiger partial charge on any atom is 0.221 e. The minimum absolute atomic E-state index is 0.126. The number of rotatable bonds is 5. The Balaban J connectivity index is 2.12. The lowest BCUT2D eigenvalue weighted by molar-refractivity contribution is -0.123. The number of nitrogens with one attached hydrogen (secondary N) is 1. The molecule has 20 heavy (non-hydrogen) atoms. The number of hydrogen-bond acceptors (Lipinski definition) is 2. The molecule has 1 aliphatic carbocycles. The van der Waals surface area contributed by atoms with Crippen LogP contribution in [0.3, 0.4) is 0 Å². The summed E-state index contributed by atoms with van der Waals surface area (Å²) >= 11 is 6.11. The SMILES string of the molecule is CN(C)CCC(=O)NC1(c2cccc(Cl)c2)CCCC1. The molecule has 0 atom stereocenters. The van der Waals surface area contributed by atoms with Gasteiger partial charge in [-0.15, -0.1) is 0 Å². The van der Waals surface area contributed by atoms with Gasteiger partial charge in [0.2, 0.25) is 5.91 Å². The number of halogens is 1. The summed E-state index contributed by atoms with van der Waals surface area (Å²) in [4.78, 5) is 14.2. The van der Waals surface area contributed by atoms with E-state index < -0.39 is 0 Å². The van der Waals surface area contributed by atoms with E-state index in [4.69, 9.17) is 11.6 Å². The maximum absolute atomic E-state index is 12.2.